The molecule has 0 aliphatic rings. The summed E-state index contributed by atoms with van der Waals surface area (Å²) in [4.78, 5) is 0. The first-order valence-corrected chi connectivity index (χ1v) is 7.90. The second-order valence-corrected chi connectivity index (χ2v) is 6.12. The Morgan fingerprint density at radius 3 is 1.09 bits per heavy atom. The molecule has 0 aliphatic carbocycles. The molecule has 0 radical (unpaired) electrons. The SMILES string of the molecule is Cc1cc(-c2cc(C)c(CCO)c(C)c2)cc(C)c1CCO. The summed E-state index contributed by atoms with van der Waals surface area (Å²) in [7, 11) is 0. The Morgan fingerprint density at radius 1 is 0.591 bits per heavy atom. The smallest absolute Gasteiger partial charge is 0.0471 e. The molecule has 0 saturated carbocycles. The Kier molecular flexibility index (Phi) is 5.38. The van der Waals surface area contributed by atoms with Gasteiger partial charge in [0.05, 0.1) is 0 Å². The van der Waals surface area contributed by atoms with Crippen molar-refractivity contribution < 1.29 is 10.2 Å². The number of aliphatic hydroxyl groups is 2. The Balaban J connectivity index is 2.49. The fourth-order valence-corrected chi connectivity index (χ4v) is 3.33. The van der Waals surface area contributed by atoms with Crippen LogP contribution in [0.5, 0.6) is 0 Å². The van der Waals surface area contributed by atoms with E-state index in [1.165, 1.54) is 44.5 Å². The van der Waals surface area contributed by atoms with Crippen molar-refractivity contribution in [1.29, 1.82) is 0 Å². The highest BCUT2D eigenvalue weighted by Crippen LogP contribution is 2.29. The van der Waals surface area contributed by atoms with Gasteiger partial charge in [0.15, 0.2) is 0 Å². The quantitative estimate of drug-likeness (QED) is 0.884. The molecule has 2 nitrogen and oxygen atoms in total. The van der Waals surface area contributed by atoms with E-state index in [-0.39, 0.29) is 13.2 Å². The van der Waals surface area contributed by atoms with Crippen LogP contribution in [-0.4, -0.2) is 23.4 Å². The Hall–Kier alpha value is -1.64. The monoisotopic (exact) mass is 298 g/mol. The number of hydrogen-bond donors (Lipinski definition) is 2. The predicted octanol–water partition coefficient (Wildman–Crippen LogP) is 3.66. The van der Waals surface area contributed by atoms with Crippen LogP contribution in [0.3, 0.4) is 0 Å². The van der Waals surface area contributed by atoms with Gasteiger partial charge >= 0.3 is 0 Å². The van der Waals surface area contributed by atoms with Gasteiger partial charge in [0, 0.05) is 13.2 Å². The van der Waals surface area contributed by atoms with E-state index in [0.29, 0.717) is 12.8 Å². The van der Waals surface area contributed by atoms with Gasteiger partial charge in [-0.25, -0.2) is 0 Å². The van der Waals surface area contributed by atoms with Gasteiger partial charge in [0.1, 0.15) is 0 Å². The standard InChI is InChI=1S/C20H26O2/c1-13-9-17(10-14(2)19(13)5-7-21)18-11-15(3)20(6-8-22)16(4)12-18/h9-12,21-22H,5-8H2,1-4H3. The molecule has 118 valence electrons. The summed E-state index contributed by atoms with van der Waals surface area (Å²) in [5, 5.41) is 18.4. The summed E-state index contributed by atoms with van der Waals surface area (Å²) in [6.07, 6.45) is 1.43. The van der Waals surface area contributed by atoms with Crippen molar-refractivity contribution in [3.8, 4) is 11.1 Å². The zero-order chi connectivity index (χ0) is 16.3. The summed E-state index contributed by atoms with van der Waals surface area (Å²) in [5.41, 5.74) is 9.88. The van der Waals surface area contributed by atoms with E-state index in [4.69, 9.17) is 0 Å². The Morgan fingerprint density at radius 2 is 0.864 bits per heavy atom. The molecule has 0 heterocycles. The first-order chi connectivity index (χ1) is 10.5. The summed E-state index contributed by atoms with van der Waals surface area (Å²) in [6.45, 7) is 8.83. The van der Waals surface area contributed by atoms with Crippen LogP contribution in [0.15, 0.2) is 24.3 Å². The number of aryl methyl sites for hydroxylation is 4. The maximum Gasteiger partial charge on any atom is 0.0471 e. The van der Waals surface area contributed by atoms with Crippen molar-refractivity contribution in [2.24, 2.45) is 0 Å². The Labute approximate surface area is 133 Å². The average molecular weight is 298 g/mol. The van der Waals surface area contributed by atoms with Gasteiger partial charge in [-0.2, -0.15) is 0 Å². The van der Waals surface area contributed by atoms with Gasteiger partial charge < -0.3 is 10.2 Å². The third-order valence-corrected chi connectivity index (χ3v) is 4.45. The van der Waals surface area contributed by atoms with Crippen molar-refractivity contribution in [2.45, 2.75) is 40.5 Å². The maximum atomic E-state index is 9.19. The average Bonchev–Trinajstić information content (AvgIpc) is 2.46. The molecule has 2 N–H and O–H groups in total. The third-order valence-electron chi connectivity index (χ3n) is 4.45. The molecule has 0 fully saturated rings. The van der Waals surface area contributed by atoms with Crippen LogP contribution in [0.4, 0.5) is 0 Å². The van der Waals surface area contributed by atoms with Gasteiger partial charge in [-0.3, -0.25) is 0 Å². The van der Waals surface area contributed by atoms with E-state index in [0.717, 1.165) is 0 Å². The minimum atomic E-state index is 0.190. The topological polar surface area (TPSA) is 40.5 Å². The zero-order valence-electron chi connectivity index (χ0n) is 14.0. The highest BCUT2D eigenvalue weighted by atomic mass is 16.3. The molecule has 0 spiro atoms. The van der Waals surface area contributed by atoms with Crippen LogP contribution in [-0.2, 0) is 12.8 Å². The van der Waals surface area contributed by atoms with E-state index < -0.39 is 0 Å². The molecule has 0 aromatic heterocycles. The van der Waals surface area contributed by atoms with Crippen molar-refractivity contribution in [1.82, 2.24) is 0 Å². The lowest BCUT2D eigenvalue weighted by atomic mass is 9.90. The molecule has 0 amide bonds. The van der Waals surface area contributed by atoms with Crippen molar-refractivity contribution >= 4 is 0 Å². The minimum Gasteiger partial charge on any atom is -0.396 e. The first-order valence-electron chi connectivity index (χ1n) is 7.90. The molecule has 0 atom stereocenters. The second-order valence-electron chi connectivity index (χ2n) is 6.12. The van der Waals surface area contributed by atoms with E-state index in [2.05, 4.69) is 52.0 Å². The molecule has 0 bridgehead atoms. The van der Waals surface area contributed by atoms with Crippen LogP contribution in [0.2, 0.25) is 0 Å². The largest absolute Gasteiger partial charge is 0.396 e. The second kappa shape index (κ2) is 7.08. The van der Waals surface area contributed by atoms with Crippen molar-refractivity contribution in [3.63, 3.8) is 0 Å². The molecule has 0 saturated heterocycles. The third kappa shape index (κ3) is 3.40. The van der Waals surface area contributed by atoms with Gasteiger partial charge in [-0.1, -0.05) is 24.3 Å². The van der Waals surface area contributed by atoms with Gasteiger partial charge in [-0.15, -0.1) is 0 Å². The molecule has 22 heavy (non-hydrogen) atoms. The Bertz CT molecular complexity index is 566. The lowest BCUT2D eigenvalue weighted by Gasteiger charge is -2.15. The number of aliphatic hydroxyl groups excluding tert-OH is 2. The van der Waals surface area contributed by atoms with E-state index in [1.54, 1.807) is 0 Å². The predicted molar refractivity (Wildman–Crippen MR) is 92.4 cm³/mol. The summed E-state index contributed by atoms with van der Waals surface area (Å²) in [5.74, 6) is 0. The minimum absolute atomic E-state index is 0.190. The van der Waals surface area contributed by atoms with Crippen molar-refractivity contribution in [2.75, 3.05) is 13.2 Å². The molecule has 2 aromatic carbocycles. The lowest BCUT2D eigenvalue weighted by Crippen LogP contribution is -2.00. The molecule has 2 aromatic rings. The molecule has 2 heteroatoms. The molecular formula is C20H26O2. The lowest BCUT2D eigenvalue weighted by molar-refractivity contribution is 0.299. The normalized spacial score (nSPS) is 11.0. The van der Waals surface area contributed by atoms with Crippen LogP contribution in [0.25, 0.3) is 11.1 Å². The fraction of sp³-hybridized carbons (Fsp3) is 0.400. The fourth-order valence-electron chi connectivity index (χ4n) is 3.33. The van der Waals surface area contributed by atoms with Crippen LogP contribution < -0.4 is 0 Å². The highest BCUT2D eigenvalue weighted by Gasteiger charge is 2.09. The van der Waals surface area contributed by atoms with E-state index >= 15 is 0 Å². The summed E-state index contributed by atoms with van der Waals surface area (Å²) >= 11 is 0. The van der Waals surface area contributed by atoms with Crippen LogP contribution >= 0.6 is 0 Å². The number of hydrogen-bond acceptors (Lipinski definition) is 2. The molecule has 0 unspecified atom stereocenters. The molecular weight excluding hydrogens is 272 g/mol. The highest BCUT2D eigenvalue weighted by molar-refractivity contribution is 5.68. The van der Waals surface area contributed by atoms with Crippen molar-refractivity contribution in [3.05, 3.63) is 57.6 Å². The summed E-state index contributed by atoms with van der Waals surface area (Å²) < 4.78 is 0. The van der Waals surface area contributed by atoms with Crippen LogP contribution in [0.1, 0.15) is 33.4 Å². The van der Waals surface area contributed by atoms with E-state index in [1.807, 2.05) is 0 Å². The molecule has 0 aliphatic heterocycles. The number of benzene rings is 2. The maximum absolute atomic E-state index is 9.19. The van der Waals surface area contributed by atoms with E-state index in [9.17, 15) is 10.2 Å². The van der Waals surface area contributed by atoms with Gasteiger partial charge in [0.25, 0.3) is 0 Å². The number of rotatable bonds is 5. The zero-order valence-corrected chi connectivity index (χ0v) is 14.0. The van der Waals surface area contributed by atoms with Gasteiger partial charge in [0.2, 0.25) is 0 Å². The first kappa shape index (κ1) is 16.7. The van der Waals surface area contributed by atoms with Crippen LogP contribution in [0, 0.1) is 27.7 Å². The summed E-state index contributed by atoms with van der Waals surface area (Å²) in [6, 6.07) is 8.83. The van der Waals surface area contributed by atoms with Gasteiger partial charge in [-0.05, 0) is 85.0 Å². The molecule has 2 rings (SSSR count).